The summed E-state index contributed by atoms with van der Waals surface area (Å²) in [6.07, 6.45) is 6.24. The zero-order valence-electron chi connectivity index (χ0n) is 12.0. The molecule has 110 valence electrons. The van der Waals surface area contributed by atoms with Gasteiger partial charge in [0.25, 0.3) is 0 Å². The molecule has 3 aliphatic heterocycles. The van der Waals surface area contributed by atoms with Crippen LogP contribution < -0.4 is 5.73 Å². The normalized spacial score (nSPS) is 40.4. The maximum atomic E-state index is 6.59. The Balaban J connectivity index is 1.64. The highest BCUT2D eigenvalue weighted by atomic mass is 32.2. The number of hydrogen-bond donors (Lipinski definition) is 1. The molecule has 4 atom stereocenters. The molecule has 3 fully saturated rings. The van der Waals surface area contributed by atoms with Gasteiger partial charge in [0.1, 0.15) is 0 Å². The molecule has 3 heterocycles. The van der Waals surface area contributed by atoms with Crippen molar-refractivity contribution in [2.45, 2.75) is 56.8 Å². The van der Waals surface area contributed by atoms with E-state index in [0.29, 0.717) is 24.0 Å². The largest absolute Gasteiger partial charge is 0.378 e. The minimum absolute atomic E-state index is 0.161. The Hall–Kier alpha value is 0.230. The number of rotatable bonds is 2. The van der Waals surface area contributed by atoms with Crippen molar-refractivity contribution in [3.05, 3.63) is 0 Å². The Kier molecular flexibility index (Phi) is 4.42. The summed E-state index contributed by atoms with van der Waals surface area (Å²) < 4.78 is 11.9. The van der Waals surface area contributed by atoms with Crippen LogP contribution in [-0.2, 0) is 9.47 Å². The van der Waals surface area contributed by atoms with Crippen LogP contribution in [0.1, 0.15) is 39.0 Å². The van der Waals surface area contributed by atoms with E-state index in [1.165, 1.54) is 30.8 Å². The van der Waals surface area contributed by atoms with Crippen LogP contribution in [0, 0.1) is 11.8 Å². The van der Waals surface area contributed by atoms with Crippen LogP contribution in [0.2, 0.25) is 0 Å². The number of thioether (sulfide) groups is 1. The standard InChI is InChI=1S/C15H27NO2S/c1-11-13(3-6-17-11)14(16)12-2-7-18-15(10-12)4-8-19-9-5-15/h11-14H,2-10,16H2,1H3. The molecule has 2 N–H and O–H groups in total. The first-order valence-corrected chi connectivity index (χ1v) is 8.95. The van der Waals surface area contributed by atoms with Gasteiger partial charge in [0.2, 0.25) is 0 Å². The summed E-state index contributed by atoms with van der Waals surface area (Å²) >= 11 is 2.07. The molecule has 0 aromatic heterocycles. The molecule has 0 bridgehead atoms. The van der Waals surface area contributed by atoms with Crippen LogP contribution in [0.25, 0.3) is 0 Å². The summed E-state index contributed by atoms with van der Waals surface area (Å²) in [6.45, 7) is 3.99. The van der Waals surface area contributed by atoms with Crippen molar-refractivity contribution in [3.8, 4) is 0 Å². The molecule has 3 rings (SSSR count). The molecule has 3 aliphatic rings. The molecule has 0 saturated carbocycles. The molecule has 0 aliphatic carbocycles. The molecule has 1 spiro atoms. The Morgan fingerprint density at radius 1 is 1.21 bits per heavy atom. The molecular weight excluding hydrogens is 258 g/mol. The average molecular weight is 285 g/mol. The Bertz CT molecular complexity index is 301. The van der Waals surface area contributed by atoms with Crippen molar-refractivity contribution in [1.29, 1.82) is 0 Å². The number of ether oxygens (including phenoxy) is 2. The zero-order valence-corrected chi connectivity index (χ0v) is 12.8. The zero-order chi connectivity index (χ0) is 13.3. The summed E-state index contributed by atoms with van der Waals surface area (Å²) in [6, 6.07) is 0.299. The fourth-order valence-corrected chi connectivity index (χ4v) is 5.33. The van der Waals surface area contributed by atoms with E-state index in [0.717, 1.165) is 26.1 Å². The van der Waals surface area contributed by atoms with Gasteiger partial charge in [0.05, 0.1) is 11.7 Å². The van der Waals surface area contributed by atoms with Crippen molar-refractivity contribution in [3.63, 3.8) is 0 Å². The predicted octanol–water partition coefficient (Wildman–Crippen LogP) is 2.43. The van der Waals surface area contributed by atoms with E-state index in [-0.39, 0.29) is 5.60 Å². The smallest absolute Gasteiger partial charge is 0.0701 e. The van der Waals surface area contributed by atoms with Crippen molar-refractivity contribution in [2.24, 2.45) is 17.6 Å². The third kappa shape index (κ3) is 2.97. The third-order valence-electron chi connectivity index (χ3n) is 5.41. The van der Waals surface area contributed by atoms with E-state index in [1.807, 2.05) is 0 Å². The lowest BCUT2D eigenvalue weighted by Crippen LogP contribution is -2.50. The molecular formula is C15H27NO2S. The van der Waals surface area contributed by atoms with Crippen molar-refractivity contribution in [2.75, 3.05) is 24.7 Å². The fraction of sp³-hybridized carbons (Fsp3) is 1.00. The van der Waals surface area contributed by atoms with E-state index in [2.05, 4.69) is 18.7 Å². The summed E-state index contributed by atoms with van der Waals surface area (Å²) in [5.74, 6) is 3.69. The SMILES string of the molecule is CC1OCCC1C(N)C1CCOC2(CCSCC2)C1. The average Bonchev–Trinajstić information content (AvgIpc) is 2.85. The highest BCUT2D eigenvalue weighted by Gasteiger charge is 2.43. The quantitative estimate of drug-likeness (QED) is 0.846. The van der Waals surface area contributed by atoms with Crippen molar-refractivity contribution >= 4 is 11.8 Å². The Labute approximate surface area is 121 Å². The topological polar surface area (TPSA) is 44.5 Å². The van der Waals surface area contributed by atoms with Gasteiger partial charge in [-0.1, -0.05) is 0 Å². The summed E-state index contributed by atoms with van der Waals surface area (Å²) in [5, 5.41) is 0. The van der Waals surface area contributed by atoms with E-state index >= 15 is 0 Å². The van der Waals surface area contributed by atoms with Crippen molar-refractivity contribution < 1.29 is 9.47 Å². The molecule has 0 aromatic carbocycles. The van der Waals surface area contributed by atoms with Crippen LogP contribution in [0.4, 0.5) is 0 Å². The molecule has 4 unspecified atom stereocenters. The highest BCUT2D eigenvalue weighted by Crippen LogP contribution is 2.42. The number of nitrogens with two attached hydrogens (primary N) is 1. The Morgan fingerprint density at radius 2 is 2.00 bits per heavy atom. The minimum Gasteiger partial charge on any atom is -0.378 e. The second kappa shape index (κ2) is 5.92. The van der Waals surface area contributed by atoms with Gasteiger partial charge in [-0.2, -0.15) is 11.8 Å². The van der Waals surface area contributed by atoms with Gasteiger partial charge in [-0.3, -0.25) is 0 Å². The first kappa shape index (κ1) is 14.2. The molecule has 19 heavy (non-hydrogen) atoms. The lowest BCUT2D eigenvalue weighted by Gasteiger charge is -2.45. The second-order valence-corrected chi connectivity index (χ2v) is 7.73. The van der Waals surface area contributed by atoms with Crippen LogP contribution in [0.15, 0.2) is 0 Å². The first-order chi connectivity index (χ1) is 9.20. The molecule has 0 aromatic rings. The third-order valence-corrected chi connectivity index (χ3v) is 6.39. The lowest BCUT2D eigenvalue weighted by molar-refractivity contribution is -0.109. The van der Waals surface area contributed by atoms with E-state index in [4.69, 9.17) is 15.2 Å². The van der Waals surface area contributed by atoms with Crippen molar-refractivity contribution in [1.82, 2.24) is 0 Å². The van der Waals surface area contributed by atoms with E-state index in [1.54, 1.807) is 0 Å². The highest BCUT2D eigenvalue weighted by molar-refractivity contribution is 7.99. The lowest BCUT2D eigenvalue weighted by atomic mass is 9.74. The van der Waals surface area contributed by atoms with Gasteiger partial charge in [-0.15, -0.1) is 0 Å². The van der Waals surface area contributed by atoms with Gasteiger partial charge in [0.15, 0.2) is 0 Å². The predicted molar refractivity (Wildman–Crippen MR) is 79.5 cm³/mol. The van der Waals surface area contributed by atoms with Gasteiger partial charge in [-0.05, 0) is 56.5 Å². The molecule has 4 heteroatoms. The van der Waals surface area contributed by atoms with Crippen LogP contribution in [-0.4, -0.2) is 42.5 Å². The first-order valence-electron chi connectivity index (χ1n) is 7.79. The maximum absolute atomic E-state index is 6.59. The molecule has 3 nitrogen and oxygen atoms in total. The van der Waals surface area contributed by atoms with Gasteiger partial charge in [-0.25, -0.2) is 0 Å². The minimum atomic E-state index is 0.161. The van der Waals surface area contributed by atoms with E-state index < -0.39 is 0 Å². The Morgan fingerprint density at radius 3 is 2.68 bits per heavy atom. The van der Waals surface area contributed by atoms with Crippen LogP contribution >= 0.6 is 11.8 Å². The van der Waals surface area contributed by atoms with Gasteiger partial charge < -0.3 is 15.2 Å². The van der Waals surface area contributed by atoms with Crippen LogP contribution in [0.5, 0.6) is 0 Å². The fourth-order valence-electron chi connectivity index (χ4n) is 4.09. The molecule has 3 saturated heterocycles. The van der Waals surface area contributed by atoms with Gasteiger partial charge >= 0.3 is 0 Å². The second-order valence-electron chi connectivity index (χ2n) is 6.50. The molecule has 0 radical (unpaired) electrons. The molecule has 0 amide bonds. The van der Waals surface area contributed by atoms with Gasteiger partial charge in [0, 0.05) is 25.2 Å². The van der Waals surface area contributed by atoms with E-state index in [9.17, 15) is 0 Å². The maximum Gasteiger partial charge on any atom is 0.0701 e. The van der Waals surface area contributed by atoms with Crippen LogP contribution in [0.3, 0.4) is 0 Å². The summed E-state index contributed by atoms with van der Waals surface area (Å²) in [5.41, 5.74) is 6.75. The summed E-state index contributed by atoms with van der Waals surface area (Å²) in [4.78, 5) is 0. The number of hydrogen-bond acceptors (Lipinski definition) is 4. The monoisotopic (exact) mass is 285 g/mol. The summed E-state index contributed by atoms with van der Waals surface area (Å²) in [7, 11) is 0.